The predicted molar refractivity (Wildman–Crippen MR) is 163 cm³/mol. The molecule has 0 unspecified atom stereocenters. The monoisotopic (exact) mass is 508 g/mol. The molecule has 6 aromatic carbocycles. The van der Waals surface area contributed by atoms with E-state index >= 15 is 0 Å². The summed E-state index contributed by atoms with van der Waals surface area (Å²) in [6, 6.07) is 38.1. The standard InChI is InChI=1S/C37H32O2/c1-24-13-17-30(21-26(24)3)38-36-19-15-28-9-5-7-11-32(28)34(36)23-35-33-12-8-6-10-29(33)16-20-37(35)39-31-18-14-25(2)27(4)22-31/h5-22H,23H2,1-4H3. The van der Waals surface area contributed by atoms with Crippen molar-refractivity contribution in [3.05, 3.63) is 143 Å². The zero-order valence-electron chi connectivity index (χ0n) is 22.9. The predicted octanol–water partition coefficient (Wildman–Crippen LogP) is 10.4. The van der Waals surface area contributed by atoms with Gasteiger partial charge in [0.05, 0.1) is 0 Å². The number of fused-ring (bicyclic) bond motifs is 2. The number of benzene rings is 6. The molecule has 0 heterocycles. The van der Waals surface area contributed by atoms with Gasteiger partial charge in [0, 0.05) is 17.5 Å². The molecular formula is C37H32O2. The summed E-state index contributed by atoms with van der Waals surface area (Å²) in [5.74, 6) is 3.42. The van der Waals surface area contributed by atoms with Crippen molar-refractivity contribution in [1.82, 2.24) is 0 Å². The first-order valence-corrected chi connectivity index (χ1v) is 13.5. The highest BCUT2D eigenvalue weighted by Gasteiger charge is 2.17. The van der Waals surface area contributed by atoms with Crippen LogP contribution < -0.4 is 9.47 Å². The molecule has 0 fully saturated rings. The lowest BCUT2D eigenvalue weighted by atomic mass is 9.93. The maximum atomic E-state index is 6.58. The van der Waals surface area contributed by atoms with E-state index in [9.17, 15) is 0 Å². The first kappa shape index (κ1) is 24.8. The second kappa shape index (κ2) is 10.3. The largest absolute Gasteiger partial charge is 0.457 e. The first-order valence-electron chi connectivity index (χ1n) is 13.5. The second-order valence-electron chi connectivity index (χ2n) is 10.4. The number of aryl methyl sites for hydroxylation is 4. The van der Waals surface area contributed by atoms with E-state index in [1.807, 2.05) is 12.1 Å². The highest BCUT2D eigenvalue weighted by molar-refractivity contribution is 5.91. The summed E-state index contributed by atoms with van der Waals surface area (Å²) in [6.45, 7) is 8.49. The highest BCUT2D eigenvalue weighted by atomic mass is 16.5. The number of hydrogen-bond donors (Lipinski definition) is 0. The van der Waals surface area contributed by atoms with Gasteiger partial charge in [-0.1, -0.05) is 72.8 Å². The molecule has 0 atom stereocenters. The van der Waals surface area contributed by atoms with Crippen LogP contribution in [0.5, 0.6) is 23.0 Å². The molecule has 0 amide bonds. The fourth-order valence-corrected chi connectivity index (χ4v) is 5.17. The zero-order valence-corrected chi connectivity index (χ0v) is 22.9. The molecule has 0 aliphatic carbocycles. The van der Waals surface area contributed by atoms with Crippen LogP contribution >= 0.6 is 0 Å². The van der Waals surface area contributed by atoms with E-state index in [1.165, 1.54) is 43.8 Å². The lowest BCUT2D eigenvalue weighted by Crippen LogP contribution is -1.99. The molecule has 0 saturated heterocycles. The van der Waals surface area contributed by atoms with Crippen LogP contribution in [0.15, 0.2) is 109 Å². The Morgan fingerprint density at radius 3 is 1.31 bits per heavy atom. The van der Waals surface area contributed by atoms with Crippen molar-refractivity contribution in [2.75, 3.05) is 0 Å². The second-order valence-corrected chi connectivity index (χ2v) is 10.4. The van der Waals surface area contributed by atoms with E-state index in [-0.39, 0.29) is 0 Å². The van der Waals surface area contributed by atoms with Crippen molar-refractivity contribution in [1.29, 1.82) is 0 Å². The van der Waals surface area contributed by atoms with Gasteiger partial charge in [0.1, 0.15) is 23.0 Å². The lowest BCUT2D eigenvalue weighted by Gasteiger charge is -2.19. The van der Waals surface area contributed by atoms with Crippen molar-refractivity contribution in [2.24, 2.45) is 0 Å². The average Bonchev–Trinajstić information content (AvgIpc) is 2.95. The fourth-order valence-electron chi connectivity index (χ4n) is 5.17. The van der Waals surface area contributed by atoms with Gasteiger partial charge in [-0.05, 0) is 108 Å². The third-order valence-electron chi connectivity index (χ3n) is 7.76. The molecule has 0 bridgehead atoms. The summed E-state index contributed by atoms with van der Waals surface area (Å²) in [5.41, 5.74) is 7.23. The molecule has 6 rings (SSSR count). The van der Waals surface area contributed by atoms with Crippen LogP contribution in [0.4, 0.5) is 0 Å². The Morgan fingerprint density at radius 1 is 0.436 bits per heavy atom. The van der Waals surface area contributed by atoms with Gasteiger partial charge in [-0.3, -0.25) is 0 Å². The third kappa shape index (κ3) is 4.98. The third-order valence-corrected chi connectivity index (χ3v) is 7.76. The Kier molecular flexibility index (Phi) is 6.54. The fraction of sp³-hybridized carbons (Fsp3) is 0.135. The Labute approximate surface area is 230 Å². The van der Waals surface area contributed by atoms with Crippen LogP contribution in [0.25, 0.3) is 21.5 Å². The Balaban J connectivity index is 1.50. The summed E-state index contributed by atoms with van der Waals surface area (Å²) in [5, 5.41) is 4.75. The van der Waals surface area contributed by atoms with Crippen LogP contribution in [0.1, 0.15) is 33.4 Å². The normalized spacial score (nSPS) is 11.2. The Morgan fingerprint density at radius 2 is 0.872 bits per heavy atom. The maximum Gasteiger partial charge on any atom is 0.131 e. The topological polar surface area (TPSA) is 18.5 Å². The van der Waals surface area contributed by atoms with Crippen LogP contribution in [-0.4, -0.2) is 0 Å². The summed E-state index contributed by atoms with van der Waals surface area (Å²) < 4.78 is 13.2. The van der Waals surface area contributed by atoms with Crippen LogP contribution in [0.3, 0.4) is 0 Å². The van der Waals surface area contributed by atoms with Gasteiger partial charge >= 0.3 is 0 Å². The molecule has 0 aliphatic rings. The quantitative estimate of drug-likeness (QED) is 0.223. The van der Waals surface area contributed by atoms with Gasteiger partial charge < -0.3 is 9.47 Å². The molecule has 2 nitrogen and oxygen atoms in total. The molecule has 0 aliphatic heterocycles. The summed E-state index contributed by atoms with van der Waals surface area (Å²) in [4.78, 5) is 0. The maximum absolute atomic E-state index is 6.58. The van der Waals surface area contributed by atoms with Gasteiger partial charge in [0.15, 0.2) is 0 Å². The van der Waals surface area contributed by atoms with Crippen molar-refractivity contribution in [3.63, 3.8) is 0 Å². The van der Waals surface area contributed by atoms with Crippen molar-refractivity contribution < 1.29 is 9.47 Å². The molecule has 0 radical (unpaired) electrons. The van der Waals surface area contributed by atoms with Gasteiger partial charge in [-0.15, -0.1) is 0 Å². The lowest BCUT2D eigenvalue weighted by molar-refractivity contribution is 0.472. The van der Waals surface area contributed by atoms with Gasteiger partial charge in [0.25, 0.3) is 0 Å². The van der Waals surface area contributed by atoms with Crippen LogP contribution in [-0.2, 0) is 6.42 Å². The molecule has 0 N–H and O–H groups in total. The Bertz CT molecular complexity index is 1700. The molecule has 0 aromatic heterocycles. The van der Waals surface area contributed by atoms with Crippen LogP contribution in [0.2, 0.25) is 0 Å². The van der Waals surface area contributed by atoms with Crippen molar-refractivity contribution >= 4 is 21.5 Å². The van der Waals surface area contributed by atoms with Gasteiger partial charge in [0.2, 0.25) is 0 Å². The van der Waals surface area contributed by atoms with E-state index in [0.29, 0.717) is 6.42 Å². The van der Waals surface area contributed by atoms with E-state index < -0.39 is 0 Å². The SMILES string of the molecule is Cc1ccc(Oc2ccc3ccccc3c2Cc2c(Oc3ccc(C)c(C)c3)ccc3ccccc23)cc1C. The molecule has 192 valence electrons. The molecular weight excluding hydrogens is 476 g/mol. The number of hydrogen-bond acceptors (Lipinski definition) is 2. The van der Waals surface area contributed by atoms with E-state index in [2.05, 4.69) is 125 Å². The molecule has 2 heteroatoms. The molecule has 0 spiro atoms. The summed E-state index contributed by atoms with van der Waals surface area (Å²) >= 11 is 0. The van der Waals surface area contributed by atoms with E-state index in [4.69, 9.17) is 9.47 Å². The molecule has 0 saturated carbocycles. The van der Waals surface area contributed by atoms with Gasteiger partial charge in [-0.2, -0.15) is 0 Å². The number of ether oxygens (including phenoxy) is 2. The van der Waals surface area contributed by atoms with Gasteiger partial charge in [-0.25, -0.2) is 0 Å². The molecule has 6 aromatic rings. The smallest absolute Gasteiger partial charge is 0.131 e. The van der Waals surface area contributed by atoms with E-state index in [1.54, 1.807) is 0 Å². The number of rotatable bonds is 6. The minimum atomic E-state index is 0.670. The minimum Gasteiger partial charge on any atom is -0.457 e. The molecule has 39 heavy (non-hydrogen) atoms. The summed E-state index contributed by atoms with van der Waals surface area (Å²) in [7, 11) is 0. The highest BCUT2D eigenvalue weighted by Crippen LogP contribution is 2.39. The average molecular weight is 509 g/mol. The van der Waals surface area contributed by atoms with E-state index in [0.717, 1.165) is 34.1 Å². The Hall–Kier alpha value is -4.56. The van der Waals surface area contributed by atoms with Crippen molar-refractivity contribution in [2.45, 2.75) is 34.1 Å². The zero-order chi connectivity index (χ0) is 26.9. The minimum absolute atomic E-state index is 0.670. The van der Waals surface area contributed by atoms with Crippen molar-refractivity contribution in [3.8, 4) is 23.0 Å². The van der Waals surface area contributed by atoms with Crippen LogP contribution in [0, 0.1) is 27.7 Å². The first-order chi connectivity index (χ1) is 19.0. The summed E-state index contributed by atoms with van der Waals surface area (Å²) in [6.07, 6.45) is 0.670.